The lowest BCUT2D eigenvalue weighted by Crippen LogP contribution is -3.00. The lowest BCUT2D eigenvalue weighted by Gasteiger charge is -2.19. The second-order valence-electron chi connectivity index (χ2n) is 6.42. The molecule has 2 aromatic rings. The maximum atomic E-state index is 12.5. The van der Waals surface area contributed by atoms with Gasteiger partial charge in [0, 0.05) is 25.2 Å². The van der Waals surface area contributed by atoms with Gasteiger partial charge in [0.25, 0.3) is 5.91 Å². The molecule has 2 amide bonds. The maximum absolute atomic E-state index is 12.5. The monoisotopic (exact) mass is 392 g/mol. The van der Waals surface area contributed by atoms with Crippen molar-refractivity contribution in [2.45, 2.75) is 26.3 Å². The molecule has 2 rings (SSSR count). The number of aromatic amines is 1. The molecule has 0 fully saturated rings. The van der Waals surface area contributed by atoms with Gasteiger partial charge in [-0.15, -0.1) is 0 Å². The Morgan fingerprint density at radius 2 is 1.81 bits per heavy atom. The number of amides is 2. The van der Waals surface area contributed by atoms with Crippen molar-refractivity contribution in [1.82, 2.24) is 15.6 Å². The van der Waals surface area contributed by atoms with Crippen molar-refractivity contribution in [2.75, 3.05) is 6.54 Å². The van der Waals surface area contributed by atoms with Crippen molar-refractivity contribution >= 4 is 11.8 Å². The van der Waals surface area contributed by atoms with E-state index in [1.807, 2.05) is 44.2 Å². The number of pyridine rings is 1. The molecule has 4 N–H and O–H groups in total. The largest absolute Gasteiger partial charge is 1.00 e. The van der Waals surface area contributed by atoms with Crippen LogP contribution in [0.1, 0.15) is 29.9 Å². The van der Waals surface area contributed by atoms with Crippen molar-refractivity contribution in [3.8, 4) is 5.75 Å². The first-order valence-electron chi connectivity index (χ1n) is 8.41. The average Bonchev–Trinajstić information content (AvgIpc) is 2.62. The van der Waals surface area contributed by atoms with Gasteiger partial charge in [0.2, 0.25) is 11.3 Å². The van der Waals surface area contributed by atoms with Gasteiger partial charge in [0.1, 0.15) is 6.04 Å². The van der Waals surface area contributed by atoms with E-state index in [-0.39, 0.29) is 36.3 Å². The van der Waals surface area contributed by atoms with Crippen LogP contribution in [-0.2, 0) is 11.2 Å². The zero-order valence-corrected chi connectivity index (χ0v) is 15.9. The van der Waals surface area contributed by atoms with Crippen LogP contribution in [0.5, 0.6) is 5.75 Å². The molecule has 0 spiro atoms. The Morgan fingerprint density at radius 1 is 1.15 bits per heavy atom. The van der Waals surface area contributed by atoms with Crippen molar-refractivity contribution in [2.24, 2.45) is 5.92 Å². The third-order valence-corrected chi connectivity index (χ3v) is 3.75. The summed E-state index contributed by atoms with van der Waals surface area (Å²) < 4.78 is 0. The van der Waals surface area contributed by atoms with Gasteiger partial charge in [-0.05, 0) is 11.5 Å². The molecule has 0 saturated carbocycles. The van der Waals surface area contributed by atoms with Crippen LogP contribution in [0, 0.1) is 5.92 Å². The van der Waals surface area contributed by atoms with Gasteiger partial charge in [-0.25, -0.2) is 0 Å². The van der Waals surface area contributed by atoms with Gasteiger partial charge in [0.15, 0.2) is 11.4 Å². The van der Waals surface area contributed by atoms with Crippen LogP contribution in [-0.4, -0.2) is 34.5 Å². The van der Waals surface area contributed by atoms with Gasteiger partial charge >= 0.3 is 0 Å². The molecule has 8 heteroatoms. The topological polar surface area (TPSA) is 111 Å². The molecule has 0 radical (unpaired) electrons. The number of hydrogen-bond donors (Lipinski definition) is 4. The normalized spacial score (nSPS) is 11.4. The fourth-order valence-electron chi connectivity index (χ4n) is 2.36. The summed E-state index contributed by atoms with van der Waals surface area (Å²) in [6.45, 7) is 4.42. The Balaban J connectivity index is 0.00000364. The van der Waals surface area contributed by atoms with E-state index in [1.165, 1.54) is 6.20 Å². The molecule has 1 atom stereocenters. The van der Waals surface area contributed by atoms with Crippen molar-refractivity contribution in [1.29, 1.82) is 0 Å². The minimum absolute atomic E-state index is 0. The smallest absolute Gasteiger partial charge is 0.272 e. The molecule has 1 heterocycles. The van der Waals surface area contributed by atoms with Gasteiger partial charge < -0.3 is 33.1 Å². The van der Waals surface area contributed by atoms with Crippen molar-refractivity contribution < 1.29 is 27.1 Å². The lowest BCUT2D eigenvalue weighted by molar-refractivity contribution is -0.123. The molecule has 0 unspecified atom stereocenters. The predicted octanol–water partition coefficient (Wildman–Crippen LogP) is -1.80. The second kappa shape index (κ2) is 10.4. The van der Waals surface area contributed by atoms with Gasteiger partial charge in [-0.3, -0.25) is 14.4 Å². The Kier molecular flexibility index (Phi) is 8.55. The van der Waals surface area contributed by atoms with Crippen LogP contribution in [0.4, 0.5) is 0 Å². The first-order valence-corrected chi connectivity index (χ1v) is 8.41. The number of aromatic nitrogens is 1. The molecule has 0 aliphatic rings. The van der Waals surface area contributed by atoms with Gasteiger partial charge in [-0.2, -0.15) is 0 Å². The summed E-state index contributed by atoms with van der Waals surface area (Å²) >= 11 is 0. The zero-order chi connectivity index (χ0) is 19.1. The molecular formula is C19H23ClN3O4-. The summed E-state index contributed by atoms with van der Waals surface area (Å²) in [5.74, 6) is -1.46. The fourth-order valence-corrected chi connectivity index (χ4v) is 2.36. The van der Waals surface area contributed by atoms with E-state index in [4.69, 9.17) is 0 Å². The van der Waals surface area contributed by atoms with Crippen LogP contribution in [0.2, 0.25) is 0 Å². The van der Waals surface area contributed by atoms with Gasteiger partial charge in [0.05, 0.1) is 0 Å². The molecule has 1 aromatic carbocycles. The summed E-state index contributed by atoms with van der Waals surface area (Å²) in [5, 5.41) is 15.2. The summed E-state index contributed by atoms with van der Waals surface area (Å²) in [5.41, 5.74) is -0.0618. The van der Waals surface area contributed by atoms with E-state index in [0.717, 1.165) is 11.6 Å². The average molecular weight is 393 g/mol. The highest BCUT2D eigenvalue weighted by Crippen LogP contribution is 2.09. The number of nitrogens with one attached hydrogen (secondary N) is 3. The number of aromatic hydroxyl groups is 1. The van der Waals surface area contributed by atoms with E-state index in [1.54, 1.807) is 0 Å². The third kappa shape index (κ3) is 6.45. The Bertz CT molecular complexity index is 821. The number of rotatable bonds is 7. The Morgan fingerprint density at radius 3 is 2.44 bits per heavy atom. The predicted molar refractivity (Wildman–Crippen MR) is 98.0 cm³/mol. The molecule has 146 valence electrons. The highest BCUT2D eigenvalue weighted by Gasteiger charge is 2.24. The summed E-state index contributed by atoms with van der Waals surface area (Å²) in [6, 6.07) is 9.55. The number of carbonyl (C=O) groups is 2. The molecular weight excluding hydrogens is 370 g/mol. The van der Waals surface area contributed by atoms with E-state index in [9.17, 15) is 19.5 Å². The van der Waals surface area contributed by atoms with Crippen molar-refractivity contribution in [3.63, 3.8) is 0 Å². The van der Waals surface area contributed by atoms with Crippen LogP contribution < -0.4 is 28.5 Å². The quantitative estimate of drug-likeness (QED) is 0.445. The molecule has 0 aliphatic heterocycles. The van der Waals surface area contributed by atoms with Crippen LogP contribution >= 0.6 is 0 Å². The Hall–Kier alpha value is -2.80. The van der Waals surface area contributed by atoms with Crippen LogP contribution in [0.15, 0.2) is 47.4 Å². The molecule has 0 bridgehead atoms. The van der Waals surface area contributed by atoms with E-state index >= 15 is 0 Å². The highest BCUT2D eigenvalue weighted by atomic mass is 35.5. The summed E-state index contributed by atoms with van der Waals surface area (Å²) in [4.78, 5) is 39.0. The van der Waals surface area contributed by atoms with Crippen LogP contribution in [0.3, 0.4) is 0 Å². The van der Waals surface area contributed by atoms with E-state index in [0.29, 0.717) is 6.54 Å². The number of halogens is 1. The maximum Gasteiger partial charge on any atom is 0.272 e. The molecule has 0 saturated heterocycles. The standard InChI is InChI=1S/C19H23N3O4.ClH/c1-12(2)11-21-18(25)14(10-13-6-4-3-5-7-13)22-19(26)16-17(24)15(23)8-9-20-16;/h3-9,12,14,24H,10-11H2,1-2H3,(H,20,23)(H,21,25)(H,22,26);1H/p-1/t14-;/m0./s1. The minimum atomic E-state index is -0.841. The third-order valence-electron chi connectivity index (χ3n) is 3.75. The molecule has 27 heavy (non-hydrogen) atoms. The first-order chi connectivity index (χ1) is 12.4. The number of hydrogen-bond acceptors (Lipinski definition) is 4. The second-order valence-corrected chi connectivity index (χ2v) is 6.42. The van der Waals surface area contributed by atoms with Crippen molar-refractivity contribution in [3.05, 3.63) is 64.1 Å². The fraction of sp³-hybridized carbons (Fsp3) is 0.316. The van der Waals surface area contributed by atoms with E-state index in [2.05, 4.69) is 15.6 Å². The SMILES string of the molecule is CC(C)CNC(=O)[C@H](Cc1ccccc1)NC(=O)c1[nH]ccc(=O)c1O.[Cl-]. The highest BCUT2D eigenvalue weighted by molar-refractivity contribution is 5.98. The first kappa shape index (κ1) is 22.2. The Labute approximate surface area is 163 Å². The number of benzene rings is 1. The molecule has 1 aromatic heterocycles. The number of H-pyrrole nitrogens is 1. The number of carbonyl (C=O) groups excluding carboxylic acids is 2. The minimum Gasteiger partial charge on any atom is -1.00 e. The summed E-state index contributed by atoms with van der Waals surface area (Å²) in [7, 11) is 0. The molecule has 0 aliphatic carbocycles. The summed E-state index contributed by atoms with van der Waals surface area (Å²) in [6.07, 6.45) is 1.55. The zero-order valence-electron chi connectivity index (χ0n) is 15.2. The lowest BCUT2D eigenvalue weighted by atomic mass is 10.0. The van der Waals surface area contributed by atoms with Crippen LogP contribution in [0.25, 0.3) is 0 Å². The van der Waals surface area contributed by atoms with Gasteiger partial charge in [-0.1, -0.05) is 44.2 Å². The van der Waals surface area contributed by atoms with E-state index < -0.39 is 23.1 Å². The molecule has 7 nitrogen and oxygen atoms in total.